The van der Waals surface area contributed by atoms with E-state index in [9.17, 15) is 9.59 Å². The van der Waals surface area contributed by atoms with Gasteiger partial charge in [0, 0.05) is 39.3 Å². The summed E-state index contributed by atoms with van der Waals surface area (Å²) in [5.41, 5.74) is 0.752. The van der Waals surface area contributed by atoms with Crippen LogP contribution in [-0.4, -0.2) is 71.1 Å². The van der Waals surface area contributed by atoms with Crippen molar-refractivity contribution < 1.29 is 14.3 Å². The lowest BCUT2D eigenvalue weighted by Gasteiger charge is -2.31. The number of carbonyl (C=O) groups excluding carboxylic acids is 2. The van der Waals surface area contributed by atoms with Crippen molar-refractivity contribution in [2.75, 3.05) is 32.7 Å². The first kappa shape index (κ1) is 20.6. The standard InChI is InChI=1S/C22H33N3O3/c1-22(2,3)28-21(27)25-14-7-11-19(25)20(26)24-13-8-12-23(15-16-24)17-18-9-5-4-6-10-18/h4-6,9-10,19H,7-8,11-17H2,1-3H3. The van der Waals surface area contributed by atoms with Crippen LogP contribution in [0.15, 0.2) is 30.3 Å². The molecule has 0 radical (unpaired) electrons. The van der Waals surface area contributed by atoms with Gasteiger partial charge in [0.25, 0.3) is 0 Å². The van der Waals surface area contributed by atoms with Crippen molar-refractivity contribution in [3.05, 3.63) is 35.9 Å². The predicted molar refractivity (Wildman–Crippen MR) is 109 cm³/mol. The summed E-state index contributed by atoms with van der Waals surface area (Å²) in [7, 11) is 0. The van der Waals surface area contributed by atoms with E-state index in [1.807, 2.05) is 31.7 Å². The highest BCUT2D eigenvalue weighted by atomic mass is 16.6. The van der Waals surface area contributed by atoms with Crippen molar-refractivity contribution in [1.29, 1.82) is 0 Å². The Labute approximate surface area is 168 Å². The number of benzene rings is 1. The molecular formula is C22H33N3O3. The molecule has 2 fully saturated rings. The SMILES string of the molecule is CC(C)(C)OC(=O)N1CCCC1C(=O)N1CCCN(Cc2ccccc2)CC1. The van der Waals surface area contributed by atoms with Crippen molar-refractivity contribution in [3.8, 4) is 0 Å². The number of carbonyl (C=O) groups is 2. The largest absolute Gasteiger partial charge is 0.444 e. The van der Waals surface area contributed by atoms with E-state index in [-0.39, 0.29) is 18.0 Å². The van der Waals surface area contributed by atoms with Crippen molar-refractivity contribution in [1.82, 2.24) is 14.7 Å². The zero-order chi connectivity index (χ0) is 20.1. The van der Waals surface area contributed by atoms with Gasteiger partial charge in [0.05, 0.1) is 0 Å². The fourth-order valence-electron chi connectivity index (χ4n) is 3.96. The molecule has 6 nitrogen and oxygen atoms in total. The lowest BCUT2D eigenvalue weighted by molar-refractivity contribution is -0.135. The Morgan fingerprint density at radius 3 is 2.46 bits per heavy atom. The summed E-state index contributed by atoms with van der Waals surface area (Å²) >= 11 is 0. The van der Waals surface area contributed by atoms with Gasteiger partial charge in [-0.25, -0.2) is 4.79 Å². The lowest BCUT2D eigenvalue weighted by Crippen LogP contribution is -2.49. The minimum atomic E-state index is -0.548. The second kappa shape index (κ2) is 8.95. The highest BCUT2D eigenvalue weighted by molar-refractivity contribution is 5.86. The van der Waals surface area contributed by atoms with Crippen LogP contribution in [0.4, 0.5) is 4.79 Å². The van der Waals surface area contributed by atoms with Gasteiger partial charge >= 0.3 is 6.09 Å². The van der Waals surface area contributed by atoms with E-state index < -0.39 is 5.60 Å². The van der Waals surface area contributed by atoms with Gasteiger partial charge in [0.2, 0.25) is 5.91 Å². The Kier molecular flexibility index (Phi) is 6.60. The molecule has 1 aromatic rings. The third-order valence-corrected chi connectivity index (χ3v) is 5.32. The van der Waals surface area contributed by atoms with Crippen LogP contribution in [0.2, 0.25) is 0 Å². The molecule has 1 aromatic carbocycles. The molecule has 1 atom stereocenters. The molecule has 2 aliphatic rings. The van der Waals surface area contributed by atoms with Gasteiger partial charge in [-0.2, -0.15) is 0 Å². The molecule has 3 rings (SSSR count). The number of rotatable bonds is 3. The topological polar surface area (TPSA) is 53.1 Å². The molecule has 6 heteroatoms. The maximum Gasteiger partial charge on any atom is 0.410 e. The molecule has 154 valence electrons. The van der Waals surface area contributed by atoms with Crippen LogP contribution in [0.3, 0.4) is 0 Å². The van der Waals surface area contributed by atoms with E-state index in [0.29, 0.717) is 13.1 Å². The molecule has 2 amide bonds. The Morgan fingerprint density at radius 2 is 1.75 bits per heavy atom. The van der Waals surface area contributed by atoms with Crippen LogP contribution in [0.1, 0.15) is 45.6 Å². The zero-order valence-electron chi connectivity index (χ0n) is 17.4. The zero-order valence-corrected chi connectivity index (χ0v) is 17.4. The number of hydrogen-bond acceptors (Lipinski definition) is 4. The van der Waals surface area contributed by atoms with Crippen molar-refractivity contribution in [3.63, 3.8) is 0 Å². The molecule has 0 bridgehead atoms. The normalized spacial score (nSPS) is 21.5. The lowest BCUT2D eigenvalue weighted by atomic mass is 10.2. The first-order valence-corrected chi connectivity index (χ1v) is 10.4. The third kappa shape index (κ3) is 5.47. The quantitative estimate of drug-likeness (QED) is 0.800. The van der Waals surface area contributed by atoms with E-state index in [4.69, 9.17) is 4.74 Å². The van der Waals surface area contributed by atoms with Crippen molar-refractivity contribution >= 4 is 12.0 Å². The maximum atomic E-state index is 13.2. The molecular weight excluding hydrogens is 354 g/mol. The van der Waals surface area contributed by atoms with Crippen LogP contribution >= 0.6 is 0 Å². The first-order valence-electron chi connectivity index (χ1n) is 10.4. The number of amides is 2. The van der Waals surface area contributed by atoms with Gasteiger partial charge in [0.15, 0.2) is 0 Å². The van der Waals surface area contributed by atoms with E-state index in [1.165, 1.54) is 5.56 Å². The minimum absolute atomic E-state index is 0.0740. The van der Waals surface area contributed by atoms with Crippen LogP contribution in [-0.2, 0) is 16.1 Å². The van der Waals surface area contributed by atoms with E-state index in [1.54, 1.807) is 4.90 Å². The predicted octanol–water partition coefficient (Wildman–Crippen LogP) is 3.12. The molecule has 1 unspecified atom stereocenters. The van der Waals surface area contributed by atoms with Gasteiger partial charge in [-0.3, -0.25) is 14.6 Å². The molecule has 2 saturated heterocycles. The fraction of sp³-hybridized carbons (Fsp3) is 0.636. The molecule has 2 heterocycles. The number of hydrogen-bond donors (Lipinski definition) is 0. The van der Waals surface area contributed by atoms with Crippen molar-refractivity contribution in [2.24, 2.45) is 0 Å². The van der Waals surface area contributed by atoms with Gasteiger partial charge < -0.3 is 9.64 Å². The summed E-state index contributed by atoms with van der Waals surface area (Å²) in [4.78, 5) is 31.6. The highest BCUT2D eigenvalue weighted by Gasteiger charge is 2.38. The van der Waals surface area contributed by atoms with E-state index in [0.717, 1.165) is 45.4 Å². The maximum absolute atomic E-state index is 13.2. The Morgan fingerprint density at radius 1 is 1.00 bits per heavy atom. The average molecular weight is 388 g/mol. The van der Waals surface area contributed by atoms with Gasteiger partial charge in [-0.05, 0) is 45.6 Å². The minimum Gasteiger partial charge on any atom is -0.444 e. The molecule has 0 aromatic heterocycles. The molecule has 0 N–H and O–H groups in total. The van der Waals surface area contributed by atoms with E-state index >= 15 is 0 Å². The summed E-state index contributed by atoms with van der Waals surface area (Å²) in [6.45, 7) is 10.4. The molecule has 0 spiro atoms. The fourth-order valence-corrected chi connectivity index (χ4v) is 3.96. The summed E-state index contributed by atoms with van der Waals surface area (Å²) < 4.78 is 5.51. The Bertz CT molecular complexity index is 671. The molecule has 0 aliphatic carbocycles. The second-order valence-corrected chi connectivity index (χ2v) is 8.77. The van der Waals surface area contributed by atoms with Gasteiger partial charge in [0.1, 0.15) is 11.6 Å². The monoisotopic (exact) mass is 387 g/mol. The summed E-state index contributed by atoms with van der Waals surface area (Å²) in [6.07, 6.45) is 2.16. The van der Waals surface area contributed by atoms with Crippen LogP contribution in [0.5, 0.6) is 0 Å². The summed E-state index contributed by atoms with van der Waals surface area (Å²) in [5, 5.41) is 0. The highest BCUT2D eigenvalue weighted by Crippen LogP contribution is 2.23. The summed E-state index contributed by atoms with van der Waals surface area (Å²) in [6, 6.07) is 10.1. The van der Waals surface area contributed by atoms with Crippen molar-refractivity contribution in [2.45, 2.75) is 58.2 Å². The number of likely N-dealkylation sites (tertiary alicyclic amines) is 1. The molecule has 0 saturated carbocycles. The Hall–Kier alpha value is -2.08. The van der Waals surface area contributed by atoms with Crippen LogP contribution in [0, 0.1) is 0 Å². The van der Waals surface area contributed by atoms with Crippen LogP contribution in [0.25, 0.3) is 0 Å². The van der Waals surface area contributed by atoms with Crippen LogP contribution < -0.4 is 0 Å². The van der Waals surface area contributed by atoms with E-state index in [2.05, 4.69) is 29.2 Å². The third-order valence-electron chi connectivity index (χ3n) is 5.32. The number of nitrogens with zero attached hydrogens (tertiary/aromatic N) is 3. The van der Waals surface area contributed by atoms with Gasteiger partial charge in [-0.15, -0.1) is 0 Å². The smallest absolute Gasteiger partial charge is 0.410 e. The number of ether oxygens (including phenoxy) is 1. The first-order chi connectivity index (χ1) is 13.3. The Balaban J connectivity index is 1.57. The summed E-state index contributed by atoms with van der Waals surface area (Å²) in [5.74, 6) is 0.0740. The average Bonchev–Trinajstić information content (AvgIpc) is 3.02. The second-order valence-electron chi connectivity index (χ2n) is 8.77. The molecule has 2 aliphatic heterocycles. The van der Waals surface area contributed by atoms with Gasteiger partial charge in [-0.1, -0.05) is 30.3 Å². The molecule has 28 heavy (non-hydrogen) atoms.